The molecule has 1 aromatic rings. The Morgan fingerprint density at radius 1 is 1.27 bits per heavy atom. The molecule has 2 heterocycles. The van der Waals surface area contributed by atoms with E-state index in [0.29, 0.717) is 12.0 Å². The van der Waals surface area contributed by atoms with E-state index in [9.17, 15) is 13.2 Å². The number of esters is 1. The van der Waals surface area contributed by atoms with E-state index in [1.54, 1.807) is 44.2 Å². The Morgan fingerprint density at radius 2 is 1.96 bits per heavy atom. The molecule has 0 spiro atoms. The molecule has 3 rings (SSSR count). The summed E-state index contributed by atoms with van der Waals surface area (Å²) in [7, 11) is -3.77. The highest BCUT2D eigenvalue weighted by Crippen LogP contribution is 2.38. The molecule has 2 aliphatic rings. The number of carbonyl (C=O) groups is 1. The predicted octanol–water partition coefficient (Wildman–Crippen LogP) is 1.45. The van der Waals surface area contributed by atoms with Crippen molar-refractivity contribution in [1.82, 2.24) is 0 Å². The van der Waals surface area contributed by atoms with E-state index in [1.807, 2.05) is 0 Å². The average molecular weight is 386 g/mol. The van der Waals surface area contributed by atoms with Crippen molar-refractivity contribution in [3.8, 4) is 0 Å². The minimum absolute atomic E-state index is 0.270. The van der Waals surface area contributed by atoms with Gasteiger partial charge in [0, 0.05) is 6.42 Å². The molecule has 0 aliphatic carbocycles. The summed E-state index contributed by atoms with van der Waals surface area (Å²) in [6.07, 6.45) is -1.25. The molecule has 0 bridgehead atoms. The summed E-state index contributed by atoms with van der Waals surface area (Å²) in [4.78, 5) is 12.1. The van der Waals surface area contributed by atoms with Gasteiger partial charge in [-0.05, 0) is 26.0 Å². The van der Waals surface area contributed by atoms with Gasteiger partial charge < -0.3 is 18.9 Å². The quantitative estimate of drug-likeness (QED) is 0.535. The van der Waals surface area contributed by atoms with Crippen molar-refractivity contribution < 1.29 is 36.3 Å². The van der Waals surface area contributed by atoms with E-state index >= 15 is 0 Å². The predicted molar refractivity (Wildman–Crippen MR) is 89.8 cm³/mol. The van der Waals surface area contributed by atoms with E-state index in [4.69, 9.17) is 23.1 Å². The van der Waals surface area contributed by atoms with Gasteiger partial charge in [0.2, 0.25) is 0 Å². The van der Waals surface area contributed by atoms with Crippen LogP contribution in [0.25, 0.3) is 0 Å². The largest absolute Gasteiger partial charge is 0.459 e. The highest BCUT2D eigenvalue weighted by molar-refractivity contribution is 7.86. The van der Waals surface area contributed by atoms with Gasteiger partial charge in [-0.25, -0.2) is 4.79 Å². The Balaban J connectivity index is 1.64. The van der Waals surface area contributed by atoms with Crippen LogP contribution in [0.3, 0.4) is 0 Å². The third-order valence-corrected chi connectivity index (χ3v) is 4.61. The fourth-order valence-electron chi connectivity index (χ4n) is 3.01. The van der Waals surface area contributed by atoms with Crippen LogP contribution in [0, 0.1) is 0 Å². The molecule has 0 amide bonds. The molecule has 9 heteroatoms. The van der Waals surface area contributed by atoms with Gasteiger partial charge in [-0.1, -0.05) is 18.2 Å². The summed E-state index contributed by atoms with van der Waals surface area (Å²) in [5, 5.41) is 0. The summed E-state index contributed by atoms with van der Waals surface area (Å²) >= 11 is 0. The number of fused-ring (bicyclic) bond motifs is 1. The third-order valence-electron chi connectivity index (χ3n) is 4.01. The standard InChI is InChI=1S/C17H22O8S/c1-17(2)23-13-9-12(22-16(13)24-17)14(25-26(3,19)20)10-21-15(18)11-7-5-4-6-8-11/h4-8,12-14,16H,9-10H2,1-3H3/t12-,13+,14+,16+/m0/s1. The molecule has 1 aromatic carbocycles. The number of rotatable bonds is 6. The summed E-state index contributed by atoms with van der Waals surface area (Å²) in [5.74, 6) is -1.33. The first kappa shape index (κ1) is 19.2. The first-order valence-electron chi connectivity index (χ1n) is 8.24. The lowest BCUT2D eigenvalue weighted by molar-refractivity contribution is -0.213. The van der Waals surface area contributed by atoms with Crippen molar-refractivity contribution >= 4 is 16.1 Å². The molecule has 2 aliphatic heterocycles. The normalized spacial score (nSPS) is 28.5. The van der Waals surface area contributed by atoms with E-state index < -0.39 is 40.4 Å². The minimum Gasteiger partial charge on any atom is -0.459 e. The van der Waals surface area contributed by atoms with Gasteiger partial charge >= 0.3 is 5.97 Å². The topological polar surface area (TPSA) is 97.4 Å². The maximum Gasteiger partial charge on any atom is 0.338 e. The van der Waals surface area contributed by atoms with Crippen molar-refractivity contribution in [2.75, 3.05) is 12.9 Å². The molecule has 0 unspecified atom stereocenters. The number of carbonyl (C=O) groups excluding carboxylic acids is 1. The van der Waals surface area contributed by atoms with Gasteiger partial charge in [-0.3, -0.25) is 4.18 Å². The average Bonchev–Trinajstić information content (AvgIpc) is 3.04. The van der Waals surface area contributed by atoms with Gasteiger partial charge in [0.15, 0.2) is 12.1 Å². The summed E-state index contributed by atoms with van der Waals surface area (Å²) in [6, 6.07) is 8.40. The van der Waals surface area contributed by atoms with Gasteiger partial charge in [0.25, 0.3) is 10.1 Å². The SMILES string of the molecule is CC1(C)O[C@H]2O[C@H]([C@@H](COC(=O)c3ccccc3)OS(C)(=O)=O)C[C@H]2O1. The van der Waals surface area contributed by atoms with Crippen LogP contribution < -0.4 is 0 Å². The monoisotopic (exact) mass is 386 g/mol. The minimum atomic E-state index is -3.77. The second-order valence-corrected chi connectivity index (χ2v) is 8.36. The lowest BCUT2D eigenvalue weighted by Gasteiger charge is -2.25. The second kappa shape index (κ2) is 7.24. The van der Waals surface area contributed by atoms with Crippen LogP contribution in [-0.4, -0.2) is 57.6 Å². The van der Waals surface area contributed by atoms with Crippen molar-refractivity contribution in [3.63, 3.8) is 0 Å². The lowest BCUT2D eigenvalue weighted by Crippen LogP contribution is -2.37. The zero-order valence-corrected chi connectivity index (χ0v) is 15.6. The summed E-state index contributed by atoms with van der Waals surface area (Å²) in [5.41, 5.74) is 0.364. The lowest BCUT2D eigenvalue weighted by atomic mass is 10.1. The van der Waals surface area contributed by atoms with Crippen molar-refractivity contribution in [2.45, 2.75) is 50.7 Å². The Bertz CT molecular complexity index is 729. The van der Waals surface area contributed by atoms with E-state index in [2.05, 4.69) is 0 Å². The molecule has 26 heavy (non-hydrogen) atoms. The fourth-order valence-corrected chi connectivity index (χ4v) is 3.64. The molecule has 0 aromatic heterocycles. The zero-order chi connectivity index (χ0) is 18.9. The number of hydrogen-bond donors (Lipinski definition) is 0. The van der Waals surface area contributed by atoms with Crippen LogP contribution in [0.1, 0.15) is 30.6 Å². The third kappa shape index (κ3) is 4.80. The Morgan fingerprint density at radius 3 is 2.58 bits per heavy atom. The molecule has 144 valence electrons. The molecule has 8 nitrogen and oxygen atoms in total. The number of hydrogen-bond acceptors (Lipinski definition) is 8. The molecule has 2 fully saturated rings. The fraction of sp³-hybridized carbons (Fsp3) is 0.588. The highest BCUT2D eigenvalue weighted by Gasteiger charge is 2.51. The van der Waals surface area contributed by atoms with Gasteiger partial charge in [-0.2, -0.15) is 8.42 Å². The van der Waals surface area contributed by atoms with Gasteiger partial charge in [0.05, 0.1) is 17.9 Å². The maximum atomic E-state index is 12.1. The molecule has 0 N–H and O–H groups in total. The smallest absolute Gasteiger partial charge is 0.338 e. The van der Waals surface area contributed by atoms with Crippen LogP contribution in [0.2, 0.25) is 0 Å². The molecule has 0 radical (unpaired) electrons. The van der Waals surface area contributed by atoms with Crippen molar-refractivity contribution in [1.29, 1.82) is 0 Å². The van der Waals surface area contributed by atoms with Crippen LogP contribution >= 0.6 is 0 Å². The Kier molecular flexibility index (Phi) is 5.36. The maximum absolute atomic E-state index is 12.1. The van der Waals surface area contributed by atoms with Gasteiger partial charge in [0.1, 0.15) is 18.8 Å². The molecule has 0 saturated carbocycles. The van der Waals surface area contributed by atoms with Gasteiger partial charge in [-0.15, -0.1) is 0 Å². The van der Waals surface area contributed by atoms with Crippen molar-refractivity contribution in [2.24, 2.45) is 0 Å². The summed E-state index contributed by atoms with van der Waals surface area (Å²) in [6.45, 7) is 3.28. The summed E-state index contributed by atoms with van der Waals surface area (Å²) < 4.78 is 50.5. The number of benzene rings is 1. The van der Waals surface area contributed by atoms with Crippen LogP contribution in [0.4, 0.5) is 0 Å². The van der Waals surface area contributed by atoms with E-state index in [1.165, 1.54) is 0 Å². The molecular weight excluding hydrogens is 364 g/mol. The second-order valence-electron chi connectivity index (χ2n) is 6.76. The van der Waals surface area contributed by atoms with Crippen LogP contribution in [0.15, 0.2) is 30.3 Å². The number of ether oxygens (including phenoxy) is 4. The first-order chi connectivity index (χ1) is 12.1. The highest BCUT2D eigenvalue weighted by atomic mass is 32.2. The van der Waals surface area contributed by atoms with Crippen LogP contribution in [0.5, 0.6) is 0 Å². The van der Waals surface area contributed by atoms with E-state index in [0.717, 1.165) is 6.26 Å². The van der Waals surface area contributed by atoms with Crippen LogP contribution in [-0.2, 0) is 33.2 Å². The zero-order valence-electron chi connectivity index (χ0n) is 14.8. The molecule has 4 atom stereocenters. The molecule has 2 saturated heterocycles. The molecular formula is C17H22O8S. The van der Waals surface area contributed by atoms with Crippen molar-refractivity contribution in [3.05, 3.63) is 35.9 Å². The first-order valence-corrected chi connectivity index (χ1v) is 10.1. The Hall–Kier alpha value is -1.52. The Labute approximate surface area is 152 Å². The van der Waals surface area contributed by atoms with E-state index in [-0.39, 0.29) is 12.7 Å².